The third kappa shape index (κ3) is 1.94. The first-order valence-electron chi connectivity index (χ1n) is 3.24. The lowest BCUT2D eigenvalue weighted by Crippen LogP contribution is -1.77. The van der Waals surface area contributed by atoms with Crippen LogP contribution in [-0.2, 0) is 11.5 Å². The normalized spacial score (nSPS) is 10.4. The molecule has 10 heavy (non-hydrogen) atoms. The van der Waals surface area contributed by atoms with Crippen molar-refractivity contribution in [3.05, 3.63) is 48.2 Å². The highest BCUT2D eigenvalue weighted by Crippen LogP contribution is 1.99. The Kier molecular flexibility index (Phi) is 2.56. The molecule has 0 saturated carbocycles. The van der Waals surface area contributed by atoms with Crippen LogP contribution < -0.4 is 0 Å². The Labute approximate surface area is 60.6 Å². The zero-order valence-electron chi connectivity index (χ0n) is 5.66. The largest absolute Gasteiger partial charge is 0.299 e. The fraction of sp³-hybridized carbons (Fsp3) is 0.111. The van der Waals surface area contributed by atoms with Gasteiger partial charge in [-0.2, -0.15) is 0 Å². The quantitative estimate of drug-likeness (QED) is 0.551. The molecule has 0 aliphatic rings. The third-order valence-electron chi connectivity index (χ3n) is 1.29. The van der Waals surface area contributed by atoms with Crippen LogP contribution in [0.1, 0.15) is 5.56 Å². The average molecular weight is 133 g/mol. The van der Waals surface area contributed by atoms with Gasteiger partial charge >= 0.3 is 0 Å². The standard InChI is InChI=1S/C9H9O/c10-8-4-7-9-5-2-1-3-6-9/h1-6,8H,7H2/b8-4-. The number of rotatable bonds is 2. The molecule has 0 aliphatic heterocycles. The molecule has 0 aliphatic carbocycles. The maximum atomic E-state index is 9.92. The third-order valence-corrected chi connectivity index (χ3v) is 1.29. The van der Waals surface area contributed by atoms with Gasteiger partial charge in [0.25, 0.3) is 0 Å². The van der Waals surface area contributed by atoms with Crippen LogP contribution in [0.25, 0.3) is 0 Å². The summed E-state index contributed by atoms with van der Waals surface area (Å²) in [5, 5.41) is 9.92. The van der Waals surface area contributed by atoms with Gasteiger partial charge in [-0.25, -0.2) is 0 Å². The molecular weight excluding hydrogens is 124 g/mol. The summed E-state index contributed by atoms with van der Waals surface area (Å²) in [6.07, 6.45) is 3.17. The molecule has 0 aromatic heterocycles. The molecule has 1 rings (SSSR count). The van der Waals surface area contributed by atoms with Crippen molar-refractivity contribution in [1.29, 1.82) is 0 Å². The maximum Gasteiger partial charge on any atom is 0.139 e. The van der Waals surface area contributed by atoms with Gasteiger partial charge in [0.1, 0.15) is 6.26 Å². The lowest BCUT2D eigenvalue weighted by Gasteiger charge is -1.91. The van der Waals surface area contributed by atoms with Crippen LogP contribution in [0.5, 0.6) is 0 Å². The van der Waals surface area contributed by atoms with Crippen LogP contribution >= 0.6 is 0 Å². The van der Waals surface area contributed by atoms with E-state index in [1.807, 2.05) is 30.3 Å². The van der Waals surface area contributed by atoms with E-state index in [1.54, 1.807) is 6.08 Å². The first kappa shape index (κ1) is 6.87. The molecule has 1 nitrogen and oxygen atoms in total. The number of hydrogen-bond donors (Lipinski definition) is 0. The van der Waals surface area contributed by atoms with Gasteiger partial charge in [0, 0.05) is 0 Å². The van der Waals surface area contributed by atoms with Gasteiger partial charge in [0.05, 0.1) is 0 Å². The molecule has 0 amide bonds. The predicted octanol–water partition coefficient (Wildman–Crippen LogP) is 2.17. The molecule has 0 atom stereocenters. The first-order valence-corrected chi connectivity index (χ1v) is 3.24. The molecule has 1 heteroatoms. The summed E-state index contributed by atoms with van der Waals surface area (Å²) in [7, 11) is 0. The van der Waals surface area contributed by atoms with Crippen LogP contribution in [0.4, 0.5) is 0 Å². The minimum Gasteiger partial charge on any atom is -0.299 e. The zero-order chi connectivity index (χ0) is 7.23. The molecule has 1 aromatic carbocycles. The lowest BCUT2D eigenvalue weighted by molar-refractivity contribution is 0.350. The van der Waals surface area contributed by atoms with E-state index in [0.29, 0.717) is 0 Å². The van der Waals surface area contributed by atoms with Crippen LogP contribution in [0.3, 0.4) is 0 Å². The molecule has 0 heterocycles. The van der Waals surface area contributed by atoms with Crippen molar-refractivity contribution in [1.82, 2.24) is 0 Å². The highest BCUT2D eigenvalue weighted by Gasteiger charge is 1.83. The second kappa shape index (κ2) is 3.72. The van der Waals surface area contributed by atoms with E-state index < -0.39 is 0 Å². The van der Waals surface area contributed by atoms with Gasteiger partial charge in [-0.3, -0.25) is 5.11 Å². The van der Waals surface area contributed by atoms with Crippen molar-refractivity contribution < 1.29 is 5.11 Å². The van der Waals surface area contributed by atoms with Crippen LogP contribution in [-0.4, -0.2) is 0 Å². The highest BCUT2D eigenvalue weighted by molar-refractivity contribution is 5.16. The Morgan fingerprint density at radius 3 is 2.50 bits per heavy atom. The van der Waals surface area contributed by atoms with Crippen LogP contribution in [0.15, 0.2) is 42.7 Å². The molecule has 51 valence electrons. The summed E-state index contributed by atoms with van der Waals surface area (Å²) in [4.78, 5) is 0. The maximum absolute atomic E-state index is 9.92. The fourth-order valence-corrected chi connectivity index (χ4v) is 0.798. The van der Waals surface area contributed by atoms with E-state index >= 15 is 0 Å². The minimum atomic E-state index is 0.740. The van der Waals surface area contributed by atoms with Gasteiger partial charge in [-0.15, -0.1) is 0 Å². The van der Waals surface area contributed by atoms with Crippen LogP contribution in [0, 0.1) is 0 Å². The number of hydrogen-bond acceptors (Lipinski definition) is 0. The van der Waals surface area contributed by atoms with E-state index in [-0.39, 0.29) is 0 Å². The van der Waals surface area contributed by atoms with Crippen molar-refractivity contribution in [3.8, 4) is 0 Å². The van der Waals surface area contributed by atoms with Gasteiger partial charge in [-0.05, 0) is 18.1 Å². The summed E-state index contributed by atoms with van der Waals surface area (Å²) >= 11 is 0. The Morgan fingerprint density at radius 1 is 1.20 bits per heavy atom. The Hall–Kier alpha value is -1.24. The molecule has 1 aromatic rings. The van der Waals surface area contributed by atoms with E-state index in [2.05, 4.69) is 0 Å². The molecule has 0 N–H and O–H groups in total. The van der Waals surface area contributed by atoms with Gasteiger partial charge < -0.3 is 0 Å². The summed E-state index contributed by atoms with van der Waals surface area (Å²) in [5.74, 6) is 0. The molecular formula is C9H9O. The Balaban J connectivity index is 2.59. The van der Waals surface area contributed by atoms with Gasteiger partial charge in [0.2, 0.25) is 0 Å². The van der Waals surface area contributed by atoms with Crippen molar-refractivity contribution in [2.45, 2.75) is 6.42 Å². The summed E-state index contributed by atoms with van der Waals surface area (Å²) in [6.45, 7) is 0. The van der Waals surface area contributed by atoms with Gasteiger partial charge in [0.15, 0.2) is 0 Å². The van der Waals surface area contributed by atoms with E-state index in [4.69, 9.17) is 0 Å². The number of benzene rings is 1. The molecule has 1 radical (unpaired) electrons. The topological polar surface area (TPSA) is 19.9 Å². The highest BCUT2D eigenvalue weighted by atomic mass is 16.2. The fourth-order valence-electron chi connectivity index (χ4n) is 0.798. The zero-order valence-corrected chi connectivity index (χ0v) is 5.66. The van der Waals surface area contributed by atoms with Crippen molar-refractivity contribution in [2.24, 2.45) is 0 Å². The SMILES string of the molecule is [O]/C=C\Cc1ccccc1. The van der Waals surface area contributed by atoms with Gasteiger partial charge in [-0.1, -0.05) is 30.3 Å². The molecule has 0 spiro atoms. The molecule has 0 saturated heterocycles. The minimum absolute atomic E-state index is 0.740. The van der Waals surface area contributed by atoms with Crippen LogP contribution in [0.2, 0.25) is 0 Å². The summed E-state index contributed by atoms with van der Waals surface area (Å²) < 4.78 is 0. The molecule has 0 unspecified atom stereocenters. The average Bonchev–Trinajstić information content (AvgIpc) is 2.03. The second-order valence-corrected chi connectivity index (χ2v) is 2.06. The molecule has 0 fully saturated rings. The van der Waals surface area contributed by atoms with E-state index in [9.17, 15) is 5.11 Å². The predicted molar refractivity (Wildman–Crippen MR) is 40.0 cm³/mol. The second-order valence-electron chi connectivity index (χ2n) is 2.06. The van der Waals surface area contributed by atoms with Crippen molar-refractivity contribution in [3.63, 3.8) is 0 Å². The monoisotopic (exact) mass is 133 g/mol. The van der Waals surface area contributed by atoms with Crippen molar-refractivity contribution in [2.75, 3.05) is 0 Å². The van der Waals surface area contributed by atoms with E-state index in [1.165, 1.54) is 5.56 Å². The first-order chi connectivity index (χ1) is 4.93. The summed E-state index contributed by atoms with van der Waals surface area (Å²) in [6, 6.07) is 9.90. The van der Waals surface area contributed by atoms with Crippen molar-refractivity contribution >= 4 is 0 Å². The Bertz CT molecular complexity index is 201. The Morgan fingerprint density at radius 2 is 1.90 bits per heavy atom. The lowest BCUT2D eigenvalue weighted by atomic mass is 10.2. The number of allylic oxidation sites excluding steroid dienone is 1. The smallest absolute Gasteiger partial charge is 0.139 e. The van der Waals surface area contributed by atoms with E-state index in [0.717, 1.165) is 12.7 Å². The molecule has 0 bridgehead atoms. The summed E-state index contributed by atoms with van der Waals surface area (Å²) in [5.41, 5.74) is 1.18.